The molecule has 0 bridgehead atoms. The van der Waals surface area contributed by atoms with Crippen LogP contribution in [0.1, 0.15) is 25.5 Å². The number of amides is 1. The van der Waals surface area contributed by atoms with E-state index in [1.807, 2.05) is 54.8 Å². The molecule has 1 amide bonds. The van der Waals surface area contributed by atoms with Gasteiger partial charge in [0, 0.05) is 11.8 Å². The second kappa shape index (κ2) is 6.37. The maximum atomic E-state index is 12.8. The van der Waals surface area contributed by atoms with Crippen LogP contribution >= 0.6 is 11.3 Å². The predicted octanol–water partition coefficient (Wildman–Crippen LogP) is 4.47. The summed E-state index contributed by atoms with van der Waals surface area (Å²) >= 11 is 1.59. The lowest BCUT2D eigenvalue weighted by Gasteiger charge is -2.13. The number of carbonyl (C=O) groups is 1. The fraction of sp³-hybridized carbons (Fsp3) is 0.263. The molecule has 3 aromatic rings. The number of carbonyl (C=O) groups excluding carboxylic acids is 1. The zero-order chi connectivity index (χ0) is 17.3. The third kappa shape index (κ3) is 3.05. The average molecular weight is 354 g/mol. The van der Waals surface area contributed by atoms with Gasteiger partial charge in [-0.3, -0.25) is 4.79 Å². The Labute approximate surface area is 149 Å². The Bertz CT molecular complexity index is 864. The van der Waals surface area contributed by atoms with Crippen LogP contribution in [-0.4, -0.2) is 17.7 Å². The minimum absolute atomic E-state index is 0.0392. The number of thiophene rings is 1. The van der Waals surface area contributed by atoms with Crippen molar-refractivity contribution in [3.8, 4) is 16.4 Å². The van der Waals surface area contributed by atoms with Crippen LogP contribution in [-0.2, 0) is 10.2 Å². The number of anilines is 1. The quantitative estimate of drug-likeness (QED) is 0.709. The standard InChI is InChI=1S/C19H18N2O3S/c1-2-23-14-7-5-13(6-8-14)20-18(22)19(9-10-19)17-12-15(24-21-17)16-4-3-11-25-16/h3-8,11-12H,2,9-10H2,1H3,(H,20,22). The van der Waals surface area contributed by atoms with Crippen molar-refractivity contribution in [3.63, 3.8) is 0 Å². The number of nitrogens with zero attached hydrogens (tertiary/aromatic N) is 1. The summed E-state index contributed by atoms with van der Waals surface area (Å²) in [5.41, 5.74) is 0.887. The second-order valence-corrected chi connectivity index (χ2v) is 7.00. The van der Waals surface area contributed by atoms with E-state index in [1.54, 1.807) is 11.3 Å². The van der Waals surface area contributed by atoms with Gasteiger partial charge in [0.2, 0.25) is 5.91 Å². The van der Waals surface area contributed by atoms with Crippen molar-refractivity contribution in [3.05, 3.63) is 53.5 Å². The Morgan fingerprint density at radius 3 is 2.76 bits per heavy atom. The summed E-state index contributed by atoms with van der Waals surface area (Å²) in [5, 5.41) is 9.13. The Morgan fingerprint density at radius 1 is 1.32 bits per heavy atom. The first-order valence-corrected chi connectivity index (χ1v) is 9.14. The van der Waals surface area contributed by atoms with Gasteiger partial charge in [-0.2, -0.15) is 0 Å². The van der Waals surface area contributed by atoms with E-state index in [1.165, 1.54) is 0 Å². The van der Waals surface area contributed by atoms with E-state index in [9.17, 15) is 4.79 Å². The lowest BCUT2D eigenvalue weighted by molar-refractivity contribution is -0.118. The molecule has 1 aromatic carbocycles. The van der Waals surface area contributed by atoms with Gasteiger partial charge in [-0.25, -0.2) is 0 Å². The van der Waals surface area contributed by atoms with Crippen molar-refractivity contribution < 1.29 is 14.1 Å². The van der Waals surface area contributed by atoms with E-state index in [0.717, 1.165) is 29.2 Å². The molecule has 1 N–H and O–H groups in total. The summed E-state index contributed by atoms with van der Waals surface area (Å²) in [6.45, 7) is 2.56. The fourth-order valence-corrected chi connectivity index (χ4v) is 3.49. The Balaban J connectivity index is 1.49. The van der Waals surface area contributed by atoms with Crippen LogP contribution in [0.15, 0.2) is 52.4 Å². The molecule has 0 spiro atoms. The van der Waals surface area contributed by atoms with Gasteiger partial charge in [0.1, 0.15) is 5.75 Å². The zero-order valence-electron chi connectivity index (χ0n) is 13.8. The molecule has 0 unspecified atom stereocenters. The molecular formula is C19H18N2O3S. The molecule has 2 heterocycles. The molecule has 2 aromatic heterocycles. The third-order valence-electron chi connectivity index (χ3n) is 4.37. The summed E-state index contributed by atoms with van der Waals surface area (Å²) in [4.78, 5) is 13.8. The van der Waals surface area contributed by atoms with Crippen molar-refractivity contribution in [2.24, 2.45) is 0 Å². The number of aromatic nitrogens is 1. The molecular weight excluding hydrogens is 336 g/mol. The number of hydrogen-bond acceptors (Lipinski definition) is 5. The number of ether oxygens (including phenoxy) is 1. The lowest BCUT2D eigenvalue weighted by atomic mass is 10.0. The maximum absolute atomic E-state index is 12.8. The van der Waals surface area contributed by atoms with Gasteiger partial charge < -0.3 is 14.6 Å². The summed E-state index contributed by atoms with van der Waals surface area (Å²) in [6.07, 6.45) is 1.57. The van der Waals surface area contributed by atoms with E-state index in [4.69, 9.17) is 9.26 Å². The highest BCUT2D eigenvalue weighted by Gasteiger charge is 2.53. The largest absolute Gasteiger partial charge is 0.494 e. The van der Waals surface area contributed by atoms with Gasteiger partial charge in [-0.15, -0.1) is 11.3 Å². The molecule has 1 aliphatic rings. The van der Waals surface area contributed by atoms with Crippen LogP contribution < -0.4 is 10.1 Å². The number of rotatable bonds is 6. The van der Waals surface area contributed by atoms with Crippen molar-refractivity contribution >= 4 is 22.9 Å². The molecule has 0 atom stereocenters. The van der Waals surface area contributed by atoms with Crippen LogP contribution in [0.4, 0.5) is 5.69 Å². The Hall–Kier alpha value is -2.60. The van der Waals surface area contributed by atoms with Crippen LogP contribution in [0.25, 0.3) is 10.6 Å². The van der Waals surface area contributed by atoms with Crippen LogP contribution in [0.5, 0.6) is 5.75 Å². The highest BCUT2D eigenvalue weighted by atomic mass is 32.1. The highest BCUT2D eigenvalue weighted by molar-refractivity contribution is 7.13. The van der Waals surface area contributed by atoms with E-state index in [-0.39, 0.29) is 5.91 Å². The topological polar surface area (TPSA) is 64.4 Å². The van der Waals surface area contributed by atoms with Gasteiger partial charge in [0.25, 0.3) is 0 Å². The number of nitrogens with one attached hydrogen (secondary N) is 1. The zero-order valence-corrected chi connectivity index (χ0v) is 14.6. The van der Waals surface area contributed by atoms with Crippen molar-refractivity contribution in [2.75, 3.05) is 11.9 Å². The van der Waals surface area contributed by atoms with Gasteiger partial charge >= 0.3 is 0 Å². The Kier molecular flexibility index (Phi) is 4.05. The summed E-state index contributed by atoms with van der Waals surface area (Å²) in [5.74, 6) is 1.46. The molecule has 0 saturated heterocycles. The van der Waals surface area contributed by atoms with E-state index in [0.29, 0.717) is 18.1 Å². The van der Waals surface area contributed by atoms with Gasteiger partial charge in [-0.05, 0) is 55.5 Å². The van der Waals surface area contributed by atoms with Crippen LogP contribution in [0, 0.1) is 0 Å². The molecule has 0 aliphatic heterocycles. The molecule has 128 valence electrons. The van der Waals surface area contributed by atoms with E-state index < -0.39 is 5.41 Å². The third-order valence-corrected chi connectivity index (χ3v) is 5.26. The number of hydrogen-bond donors (Lipinski definition) is 1. The lowest BCUT2D eigenvalue weighted by Crippen LogP contribution is -2.28. The first-order valence-electron chi connectivity index (χ1n) is 8.27. The fourth-order valence-electron chi connectivity index (χ4n) is 2.81. The van der Waals surface area contributed by atoms with E-state index in [2.05, 4.69) is 10.5 Å². The summed E-state index contributed by atoms with van der Waals surface area (Å²) in [7, 11) is 0. The first-order chi connectivity index (χ1) is 12.2. The molecule has 1 saturated carbocycles. The molecule has 6 heteroatoms. The minimum Gasteiger partial charge on any atom is -0.494 e. The van der Waals surface area contributed by atoms with Crippen molar-refractivity contribution in [2.45, 2.75) is 25.2 Å². The van der Waals surface area contributed by atoms with E-state index >= 15 is 0 Å². The van der Waals surface area contributed by atoms with Crippen molar-refractivity contribution in [1.82, 2.24) is 5.16 Å². The van der Waals surface area contributed by atoms with Crippen LogP contribution in [0.3, 0.4) is 0 Å². The molecule has 1 aliphatic carbocycles. The maximum Gasteiger partial charge on any atom is 0.236 e. The highest BCUT2D eigenvalue weighted by Crippen LogP contribution is 2.49. The molecule has 0 radical (unpaired) electrons. The normalized spacial score (nSPS) is 14.9. The predicted molar refractivity (Wildman–Crippen MR) is 97.0 cm³/mol. The average Bonchev–Trinajstić information content (AvgIpc) is 3.04. The molecule has 4 rings (SSSR count). The Morgan fingerprint density at radius 2 is 2.12 bits per heavy atom. The molecule has 25 heavy (non-hydrogen) atoms. The number of benzene rings is 1. The summed E-state index contributed by atoms with van der Waals surface area (Å²) in [6, 6.07) is 13.2. The molecule has 5 nitrogen and oxygen atoms in total. The minimum atomic E-state index is -0.572. The first kappa shape index (κ1) is 15.9. The van der Waals surface area contributed by atoms with Gasteiger partial charge in [0.05, 0.1) is 22.6 Å². The second-order valence-electron chi connectivity index (χ2n) is 6.05. The van der Waals surface area contributed by atoms with Crippen molar-refractivity contribution in [1.29, 1.82) is 0 Å². The monoisotopic (exact) mass is 354 g/mol. The van der Waals surface area contributed by atoms with Crippen LogP contribution in [0.2, 0.25) is 0 Å². The van der Waals surface area contributed by atoms with Gasteiger partial charge in [0.15, 0.2) is 5.76 Å². The molecule has 1 fully saturated rings. The van der Waals surface area contributed by atoms with Gasteiger partial charge in [-0.1, -0.05) is 11.2 Å². The SMILES string of the molecule is CCOc1ccc(NC(=O)C2(c3cc(-c4cccs4)on3)CC2)cc1. The summed E-state index contributed by atoms with van der Waals surface area (Å²) < 4.78 is 10.9. The smallest absolute Gasteiger partial charge is 0.236 e.